The van der Waals surface area contributed by atoms with Crippen LogP contribution in [-0.2, 0) is 14.3 Å². The van der Waals surface area contributed by atoms with Crippen molar-refractivity contribution in [2.75, 3.05) is 13.2 Å². The van der Waals surface area contributed by atoms with Crippen LogP contribution in [0.1, 0.15) is 25.7 Å². The van der Waals surface area contributed by atoms with Crippen LogP contribution in [0.2, 0.25) is 0 Å². The molecular weight excluding hydrogens is 236 g/mol. The van der Waals surface area contributed by atoms with Gasteiger partial charge in [-0.25, -0.2) is 0 Å². The van der Waals surface area contributed by atoms with Crippen molar-refractivity contribution in [3.63, 3.8) is 0 Å². The molecule has 0 spiro atoms. The monoisotopic (exact) mass is 251 g/mol. The predicted molar refractivity (Wildman–Crippen MR) is 53.6 cm³/mol. The van der Waals surface area contributed by atoms with Crippen LogP contribution in [0.25, 0.3) is 0 Å². The molecule has 17 heavy (non-hydrogen) atoms. The Morgan fingerprint density at radius 1 is 1.41 bits per heavy atom. The molecule has 1 aliphatic rings. The summed E-state index contributed by atoms with van der Waals surface area (Å²) in [5.41, 5.74) is 0. The third-order valence-corrected chi connectivity index (χ3v) is 2.66. The maximum atomic E-state index is 11.9. The van der Waals surface area contributed by atoms with Crippen molar-refractivity contribution in [3.8, 4) is 0 Å². The summed E-state index contributed by atoms with van der Waals surface area (Å²) < 4.78 is 27.9. The predicted octanol–water partition coefficient (Wildman–Crippen LogP) is 1.08. The second-order valence-corrected chi connectivity index (χ2v) is 3.87. The number of carbonyl (C=O) groups is 2. The molecule has 1 N–H and O–H groups in total. The van der Waals surface area contributed by atoms with Gasteiger partial charge in [-0.3, -0.25) is 9.59 Å². The van der Waals surface area contributed by atoms with Gasteiger partial charge in [-0.15, -0.1) is 0 Å². The Morgan fingerprint density at radius 2 is 2.12 bits per heavy atom. The van der Waals surface area contributed by atoms with E-state index in [2.05, 4.69) is 4.74 Å². The Hall–Kier alpha value is -1.24. The molecule has 98 valence electrons. The van der Waals surface area contributed by atoms with Crippen molar-refractivity contribution in [1.82, 2.24) is 4.90 Å². The van der Waals surface area contributed by atoms with E-state index in [0.717, 1.165) is 6.42 Å². The van der Waals surface area contributed by atoms with Crippen LogP contribution in [0, 0.1) is 0 Å². The number of hydrogen-bond acceptors (Lipinski definition) is 3. The zero-order valence-electron chi connectivity index (χ0n) is 9.27. The minimum atomic E-state index is -2.84. The number of carboxylic acid groups (broad SMARTS) is 1. The summed E-state index contributed by atoms with van der Waals surface area (Å²) in [4.78, 5) is 23.4. The largest absolute Gasteiger partial charge is 0.481 e. The molecular formula is C10H15F2NO4. The number of halogens is 2. The number of nitrogens with zero attached hydrogens (tertiary/aromatic N) is 1. The Balaban J connectivity index is 2.39. The fourth-order valence-corrected chi connectivity index (χ4v) is 1.88. The molecule has 7 heteroatoms. The normalized spacial score (nSPS) is 19.9. The Morgan fingerprint density at radius 3 is 2.71 bits per heavy atom. The minimum Gasteiger partial charge on any atom is -0.481 e. The van der Waals surface area contributed by atoms with Crippen molar-refractivity contribution < 1.29 is 28.2 Å². The summed E-state index contributed by atoms with van der Waals surface area (Å²) in [6, 6.07) is -0.356. The highest BCUT2D eigenvalue weighted by Gasteiger charge is 2.29. The van der Waals surface area contributed by atoms with Gasteiger partial charge >= 0.3 is 12.6 Å². The van der Waals surface area contributed by atoms with E-state index in [4.69, 9.17) is 5.11 Å². The first-order valence-electron chi connectivity index (χ1n) is 5.41. The zero-order chi connectivity index (χ0) is 12.8. The van der Waals surface area contributed by atoms with E-state index in [0.29, 0.717) is 13.0 Å². The van der Waals surface area contributed by atoms with Crippen molar-refractivity contribution in [2.24, 2.45) is 0 Å². The van der Waals surface area contributed by atoms with Crippen LogP contribution in [0.5, 0.6) is 0 Å². The lowest BCUT2D eigenvalue weighted by Crippen LogP contribution is -2.38. The smallest absolute Gasteiger partial charge is 0.345 e. The van der Waals surface area contributed by atoms with Gasteiger partial charge in [0.05, 0.1) is 19.1 Å². The van der Waals surface area contributed by atoms with E-state index in [1.165, 1.54) is 4.90 Å². The molecule has 0 aromatic rings. The van der Waals surface area contributed by atoms with Gasteiger partial charge in [-0.05, 0) is 12.8 Å². The maximum absolute atomic E-state index is 11.9. The molecule has 1 amide bonds. The van der Waals surface area contributed by atoms with Gasteiger partial charge in [0.25, 0.3) is 0 Å². The Kier molecular flexibility index (Phi) is 5.27. The van der Waals surface area contributed by atoms with E-state index in [1.54, 1.807) is 0 Å². The second-order valence-electron chi connectivity index (χ2n) is 3.87. The molecule has 1 rings (SSSR count). The average molecular weight is 251 g/mol. The van der Waals surface area contributed by atoms with Crippen LogP contribution in [-0.4, -0.2) is 47.7 Å². The third kappa shape index (κ3) is 4.64. The molecule has 0 bridgehead atoms. The lowest BCUT2D eigenvalue weighted by Gasteiger charge is -2.24. The summed E-state index contributed by atoms with van der Waals surface area (Å²) in [7, 11) is 0. The van der Waals surface area contributed by atoms with E-state index in [1.807, 2.05) is 0 Å². The van der Waals surface area contributed by atoms with Crippen molar-refractivity contribution in [1.29, 1.82) is 0 Å². The van der Waals surface area contributed by atoms with Crippen LogP contribution in [0.15, 0.2) is 0 Å². The number of ether oxygens (including phenoxy) is 1. The van der Waals surface area contributed by atoms with E-state index < -0.39 is 12.6 Å². The number of likely N-dealkylation sites (tertiary alicyclic amines) is 1. The number of carboxylic acids is 1. The highest BCUT2D eigenvalue weighted by Crippen LogP contribution is 2.19. The number of aliphatic carboxylic acids is 1. The molecule has 5 nitrogen and oxygen atoms in total. The summed E-state index contributed by atoms with van der Waals surface area (Å²) in [5, 5.41) is 8.45. The summed E-state index contributed by atoms with van der Waals surface area (Å²) in [6.45, 7) is -2.56. The average Bonchev–Trinajstić information content (AvgIpc) is 2.71. The molecule has 1 aliphatic heterocycles. The SMILES string of the molecule is O=C(O)CCC(=O)N1CCCC1COC(F)F. The van der Waals surface area contributed by atoms with Crippen molar-refractivity contribution in [3.05, 3.63) is 0 Å². The molecule has 0 aromatic carbocycles. The molecule has 0 aliphatic carbocycles. The lowest BCUT2D eigenvalue weighted by molar-refractivity contribution is -0.150. The van der Waals surface area contributed by atoms with Crippen molar-refractivity contribution in [2.45, 2.75) is 38.3 Å². The van der Waals surface area contributed by atoms with Crippen LogP contribution in [0.4, 0.5) is 8.78 Å². The van der Waals surface area contributed by atoms with Gasteiger partial charge < -0.3 is 14.7 Å². The summed E-state index contributed by atoms with van der Waals surface area (Å²) in [6.07, 6.45) is 1.01. The minimum absolute atomic E-state index is 0.0967. The molecule has 1 saturated heterocycles. The van der Waals surface area contributed by atoms with Gasteiger partial charge in [0.15, 0.2) is 0 Å². The van der Waals surface area contributed by atoms with E-state index in [-0.39, 0.29) is 31.4 Å². The third-order valence-electron chi connectivity index (χ3n) is 2.66. The Bertz CT molecular complexity index is 285. The molecule has 1 unspecified atom stereocenters. The number of hydrogen-bond donors (Lipinski definition) is 1. The van der Waals surface area contributed by atoms with Crippen LogP contribution < -0.4 is 0 Å². The maximum Gasteiger partial charge on any atom is 0.345 e. The lowest BCUT2D eigenvalue weighted by atomic mass is 10.2. The van der Waals surface area contributed by atoms with E-state index >= 15 is 0 Å². The van der Waals surface area contributed by atoms with Crippen LogP contribution in [0.3, 0.4) is 0 Å². The first kappa shape index (κ1) is 13.8. The number of amides is 1. The highest BCUT2D eigenvalue weighted by atomic mass is 19.3. The first-order valence-corrected chi connectivity index (χ1v) is 5.41. The molecule has 0 radical (unpaired) electrons. The quantitative estimate of drug-likeness (QED) is 0.767. The van der Waals surface area contributed by atoms with Crippen molar-refractivity contribution >= 4 is 11.9 Å². The second kappa shape index (κ2) is 6.48. The molecule has 1 atom stereocenters. The zero-order valence-corrected chi connectivity index (χ0v) is 9.27. The van der Waals surface area contributed by atoms with Gasteiger partial charge in [0.2, 0.25) is 5.91 Å². The molecule has 0 aromatic heterocycles. The van der Waals surface area contributed by atoms with Gasteiger partial charge in [-0.2, -0.15) is 8.78 Å². The topological polar surface area (TPSA) is 66.8 Å². The van der Waals surface area contributed by atoms with E-state index in [9.17, 15) is 18.4 Å². The summed E-state index contributed by atoms with van der Waals surface area (Å²) >= 11 is 0. The fraction of sp³-hybridized carbons (Fsp3) is 0.800. The summed E-state index contributed by atoms with van der Waals surface area (Å²) in [5.74, 6) is -1.36. The highest BCUT2D eigenvalue weighted by molar-refractivity contribution is 5.81. The molecule has 1 fully saturated rings. The molecule has 1 heterocycles. The number of alkyl halides is 2. The van der Waals surface area contributed by atoms with Gasteiger partial charge in [0, 0.05) is 13.0 Å². The van der Waals surface area contributed by atoms with Gasteiger partial charge in [0.1, 0.15) is 0 Å². The number of rotatable bonds is 6. The first-order chi connectivity index (χ1) is 8.00. The fourth-order valence-electron chi connectivity index (χ4n) is 1.88. The van der Waals surface area contributed by atoms with Gasteiger partial charge in [-0.1, -0.05) is 0 Å². The van der Waals surface area contributed by atoms with Crippen LogP contribution >= 0.6 is 0 Å². The Labute approximate surface area is 97.3 Å². The number of carbonyl (C=O) groups excluding carboxylic acids is 1. The molecule has 0 saturated carbocycles. The standard InChI is InChI=1S/C10H15F2NO4/c11-10(12)17-6-7-2-1-5-13(7)8(14)3-4-9(15)16/h7,10H,1-6H2,(H,15,16).